The minimum Gasteiger partial charge on any atom is -0.372 e. The number of aromatic nitrogens is 1. The van der Waals surface area contributed by atoms with Gasteiger partial charge in [-0.25, -0.2) is 0 Å². The summed E-state index contributed by atoms with van der Waals surface area (Å²) in [5, 5.41) is 1.000. The summed E-state index contributed by atoms with van der Waals surface area (Å²) in [6.07, 6.45) is 5.27. The van der Waals surface area contributed by atoms with E-state index in [1.165, 1.54) is 5.70 Å². The summed E-state index contributed by atoms with van der Waals surface area (Å²) in [6.45, 7) is 15.3. The predicted molar refractivity (Wildman–Crippen MR) is 138 cm³/mol. The Kier molecular flexibility index (Phi) is 6.37. The standard InChI is InChI=1S/C28H38N4O/c1-8-18(2)24(32-13-11-31(7)12-14-32)16-22-19(3)26(33)25-21-10-9-20(17-29-6)15-23(21)30-27(25)28(22,4)5/h9-10,15-18,30H,8,11-14H2,1-7H3/b24-16+,29-17+. The van der Waals surface area contributed by atoms with Crippen molar-refractivity contribution in [3.63, 3.8) is 0 Å². The number of nitrogens with one attached hydrogen (secondary N) is 1. The van der Waals surface area contributed by atoms with E-state index in [1.807, 2.05) is 19.2 Å². The molecule has 0 saturated carbocycles. The van der Waals surface area contributed by atoms with Gasteiger partial charge in [0.25, 0.3) is 0 Å². The average molecular weight is 447 g/mol. The van der Waals surface area contributed by atoms with Crippen LogP contribution < -0.4 is 0 Å². The first-order chi connectivity index (χ1) is 15.7. The summed E-state index contributed by atoms with van der Waals surface area (Å²) < 4.78 is 0. The fourth-order valence-electron chi connectivity index (χ4n) is 5.32. The molecule has 1 aliphatic heterocycles. The summed E-state index contributed by atoms with van der Waals surface area (Å²) in [7, 11) is 3.96. The molecule has 1 aliphatic carbocycles. The zero-order valence-corrected chi connectivity index (χ0v) is 21.2. The van der Waals surface area contributed by atoms with E-state index in [-0.39, 0.29) is 11.2 Å². The molecule has 1 aromatic heterocycles. The maximum Gasteiger partial charge on any atom is 0.191 e. The summed E-state index contributed by atoms with van der Waals surface area (Å²) >= 11 is 0. The summed E-state index contributed by atoms with van der Waals surface area (Å²) in [6, 6.07) is 6.18. The van der Waals surface area contributed by atoms with Crippen molar-refractivity contribution in [2.75, 3.05) is 40.3 Å². The van der Waals surface area contributed by atoms with Gasteiger partial charge in [-0.05, 0) is 49.6 Å². The van der Waals surface area contributed by atoms with Crippen LogP contribution in [0.4, 0.5) is 0 Å². The number of likely N-dealkylation sites (N-methyl/N-ethyl adjacent to an activating group) is 1. The van der Waals surface area contributed by atoms with Crippen molar-refractivity contribution in [3.05, 3.63) is 57.9 Å². The van der Waals surface area contributed by atoms with Gasteiger partial charge >= 0.3 is 0 Å². The first-order valence-corrected chi connectivity index (χ1v) is 12.2. The van der Waals surface area contributed by atoms with Crippen molar-refractivity contribution >= 4 is 22.9 Å². The number of hydrogen-bond acceptors (Lipinski definition) is 4. The lowest BCUT2D eigenvalue weighted by molar-refractivity contribution is 0.102. The Labute approximate surface area is 198 Å². The lowest BCUT2D eigenvalue weighted by Crippen LogP contribution is -2.45. The number of H-pyrrole nitrogens is 1. The third kappa shape index (κ3) is 4.08. The van der Waals surface area contributed by atoms with Crippen LogP contribution in [0.2, 0.25) is 0 Å². The number of carbonyl (C=O) groups is 1. The first-order valence-electron chi connectivity index (χ1n) is 12.2. The van der Waals surface area contributed by atoms with Crippen molar-refractivity contribution in [3.8, 4) is 0 Å². The van der Waals surface area contributed by atoms with E-state index in [0.717, 1.165) is 71.5 Å². The smallest absolute Gasteiger partial charge is 0.191 e. The van der Waals surface area contributed by atoms with Crippen molar-refractivity contribution < 1.29 is 4.79 Å². The van der Waals surface area contributed by atoms with Crippen LogP contribution in [0.3, 0.4) is 0 Å². The lowest BCUT2D eigenvalue weighted by atomic mass is 9.70. The fraction of sp³-hybridized carbons (Fsp3) is 0.500. The Morgan fingerprint density at radius 3 is 2.58 bits per heavy atom. The molecule has 176 valence electrons. The predicted octanol–water partition coefficient (Wildman–Crippen LogP) is 5.18. The molecular weight excluding hydrogens is 408 g/mol. The molecule has 2 aliphatic rings. The van der Waals surface area contributed by atoms with Crippen molar-refractivity contribution in [1.29, 1.82) is 0 Å². The molecule has 4 rings (SSSR count). The number of fused-ring (bicyclic) bond motifs is 3. The highest BCUT2D eigenvalue weighted by atomic mass is 16.1. The fourth-order valence-corrected chi connectivity index (χ4v) is 5.32. The maximum atomic E-state index is 13.7. The number of piperazine rings is 1. The normalized spacial score (nSPS) is 20.8. The molecule has 1 atom stereocenters. The van der Waals surface area contributed by atoms with E-state index < -0.39 is 0 Å². The topological polar surface area (TPSA) is 51.7 Å². The lowest BCUT2D eigenvalue weighted by Gasteiger charge is -2.39. The van der Waals surface area contributed by atoms with Gasteiger partial charge in [-0.3, -0.25) is 9.79 Å². The second kappa shape index (κ2) is 8.94. The number of rotatable bonds is 5. The molecule has 1 unspecified atom stereocenters. The number of carbonyl (C=O) groups excluding carboxylic acids is 1. The monoisotopic (exact) mass is 446 g/mol. The van der Waals surface area contributed by atoms with E-state index in [9.17, 15) is 4.79 Å². The average Bonchev–Trinajstić information content (AvgIpc) is 3.18. The first kappa shape index (κ1) is 23.5. The van der Waals surface area contributed by atoms with Crippen molar-refractivity contribution in [2.45, 2.75) is 46.5 Å². The Bertz CT molecular complexity index is 1160. The minimum absolute atomic E-state index is 0.139. The van der Waals surface area contributed by atoms with Gasteiger partial charge in [0, 0.05) is 72.7 Å². The van der Waals surface area contributed by atoms with Gasteiger partial charge in [0.05, 0.1) is 5.56 Å². The highest BCUT2D eigenvalue weighted by Crippen LogP contribution is 2.44. The van der Waals surface area contributed by atoms with Crippen LogP contribution in [0.25, 0.3) is 10.9 Å². The summed E-state index contributed by atoms with van der Waals surface area (Å²) in [4.78, 5) is 26.4. The van der Waals surface area contributed by atoms with Gasteiger partial charge in [-0.1, -0.05) is 39.8 Å². The van der Waals surface area contributed by atoms with Crippen LogP contribution in [0.15, 0.2) is 46.1 Å². The van der Waals surface area contributed by atoms with E-state index >= 15 is 0 Å². The molecule has 0 spiro atoms. The van der Waals surface area contributed by atoms with Gasteiger partial charge < -0.3 is 14.8 Å². The van der Waals surface area contributed by atoms with Crippen LogP contribution in [-0.2, 0) is 5.41 Å². The minimum atomic E-state index is -0.295. The van der Waals surface area contributed by atoms with Crippen molar-refractivity contribution in [1.82, 2.24) is 14.8 Å². The molecule has 1 N–H and O–H groups in total. The molecule has 0 bridgehead atoms. The molecule has 1 aromatic carbocycles. The number of benzene rings is 1. The molecule has 1 saturated heterocycles. The third-order valence-electron chi connectivity index (χ3n) is 7.65. The van der Waals surface area contributed by atoms with E-state index in [0.29, 0.717) is 5.92 Å². The third-order valence-corrected chi connectivity index (χ3v) is 7.65. The number of Topliss-reactive ketones (excluding diaryl/α,β-unsaturated/α-hetero) is 1. The van der Waals surface area contributed by atoms with E-state index in [4.69, 9.17) is 0 Å². The second-order valence-electron chi connectivity index (χ2n) is 10.2. The number of aromatic amines is 1. The SMILES string of the molecule is CCC(C)/C(=C\C1=C(C)C(=O)c2c([nH]c3cc(/C=N/C)ccc23)C1(C)C)N1CCN(C)CC1. The van der Waals surface area contributed by atoms with Gasteiger partial charge in [0.15, 0.2) is 5.78 Å². The largest absolute Gasteiger partial charge is 0.372 e. The molecule has 5 heteroatoms. The van der Waals surface area contributed by atoms with Crippen LogP contribution in [0.5, 0.6) is 0 Å². The second-order valence-corrected chi connectivity index (χ2v) is 10.2. The van der Waals surface area contributed by atoms with Gasteiger partial charge in [0.1, 0.15) is 0 Å². The van der Waals surface area contributed by atoms with Gasteiger partial charge in [-0.15, -0.1) is 0 Å². The Morgan fingerprint density at radius 1 is 1.24 bits per heavy atom. The summed E-state index contributed by atoms with van der Waals surface area (Å²) in [5.41, 5.74) is 6.95. The van der Waals surface area contributed by atoms with E-state index in [2.05, 4.69) is 72.7 Å². The number of allylic oxidation sites excluding steroid dienone is 4. The Morgan fingerprint density at radius 2 is 1.94 bits per heavy atom. The van der Waals surface area contributed by atoms with Crippen LogP contribution >= 0.6 is 0 Å². The number of hydrogen-bond donors (Lipinski definition) is 1. The Hall–Kier alpha value is -2.66. The quantitative estimate of drug-likeness (QED) is 0.644. The van der Waals surface area contributed by atoms with Crippen LogP contribution in [0.1, 0.15) is 62.7 Å². The van der Waals surface area contributed by atoms with Gasteiger partial charge in [0.2, 0.25) is 0 Å². The van der Waals surface area contributed by atoms with Gasteiger partial charge in [-0.2, -0.15) is 0 Å². The highest BCUT2D eigenvalue weighted by molar-refractivity contribution is 6.19. The molecule has 2 heterocycles. The zero-order valence-electron chi connectivity index (χ0n) is 21.2. The maximum absolute atomic E-state index is 13.7. The summed E-state index contributed by atoms with van der Waals surface area (Å²) in [5.74, 6) is 0.584. The number of nitrogens with zero attached hydrogens (tertiary/aromatic N) is 3. The molecule has 0 amide bonds. The molecule has 0 radical (unpaired) electrons. The highest BCUT2D eigenvalue weighted by Gasteiger charge is 2.39. The number of aliphatic imine (C=N–C) groups is 1. The zero-order chi connectivity index (χ0) is 23.9. The van der Waals surface area contributed by atoms with Crippen LogP contribution in [-0.4, -0.2) is 67.1 Å². The molecule has 1 fully saturated rings. The number of ketones is 1. The van der Waals surface area contributed by atoms with Crippen LogP contribution in [0, 0.1) is 5.92 Å². The van der Waals surface area contributed by atoms with E-state index in [1.54, 1.807) is 7.05 Å². The molecule has 2 aromatic rings. The van der Waals surface area contributed by atoms with Crippen molar-refractivity contribution in [2.24, 2.45) is 10.9 Å². The molecule has 33 heavy (non-hydrogen) atoms. The molecule has 5 nitrogen and oxygen atoms in total. The Balaban J connectivity index is 1.84. The molecular formula is C28H38N4O.